The van der Waals surface area contributed by atoms with E-state index in [0.717, 1.165) is 22.6 Å². The van der Waals surface area contributed by atoms with E-state index in [4.69, 9.17) is 0 Å². The van der Waals surface area contributed by atoms with Crippen molar-refractivity contribution in [1.29, 1.82) is 0 Å². The van der Waals surface area contributed by atoms with Gasteiger partial charge in [0.25, 0.3) is 5.69 Å². The fourth-order valence-corrected chi connectivity index (χ4v) is 3.27. The average Bonchev–Trinajstić information content (AvgIpc) is 3.31. The monoisotopic (exact) mass is 380 g/mol. The van der Waals surface area contributed by atoms with Gasteiger partial charge in [0.05, 0.1) is 16.9 Å². The van der Waals surface area contributed by atoms with Gasteiger partial charge in [-0.05, 0) is 17.7 Å². The van der Waals surface area contributed by atoms with Gasteiger partial charge in [0.1, 0.15) is 0 Å². The van der Waals surface area contributed by atoms with Gasteiger partial charge < -0.3 is 5.32 Å². The summed E-state index contributed by atoms with van der Waals surface area (Å²) >= 11 is 1.51. The molecule has 0 saturated heterocycles. The van der Waals surface area contributed by atoms with E-state index in [2.05, 4.69) is 20.3 Å². The highest BCUT2D eigenvalue weighted by Gasteiger charge is 2.15. The van der Waals surface area contributed by atoms with Crippen molar-refractivity contribution in [2.45, 2.75) is 6.42 Å². The minimum Gasteiger partial charge on any atom is -0.326 e. The van der Waals surface area contributed by atoms with Crippen LogP contribution >= 0.6 is 11.3 Å². The van der Waals surface area contributed by atoms with E-state index >= 15 is 0 Å². The van der Waals surface area contributed by atoms with Gasteiger partial charge in [-0.15, -0.1) is 11.3 Å². The van der Waals surface area contributed by atoms with E-state index in [1.807, 2.05) is 23.6 Å². The number of nitro benzene ring substituents is 1. The minimum absolute atomic E-state index is 0.00326. The zero-order chi connectivity index (χ0) is 18.8. The Labute approximate surface area is 157 Å². The molecule has 2 aromatic heterocycles. The summed E-state index contributed by atoms with van der Waals surface area (Å²) in [7, 11) is 0. The van der Waals surface area contributed by atoms with Crippen molar-refractivity contribution in [3.05, 3.63) is 69.0 Å². The van der Waals surface area contributed by atoms with Crippen molar-refractivity contribution in [1.82, 2.24) is 9.97 Å². The zero-order valence-electron chi connectivity index (χ0n) is 13.9. The Morgan fingerprint density at radius 3 is 2.78 bits per heavy atom. The highest BCUT2D eigenvalue weighted by atomic mass is 32.1. The van der Waals surface area contributed by atoms with Gasteiger partial charge in [-0.2, -0.15) is 0 Å². The number of non-ortho nitro benzene ring substituents is 1. The topological polar surface area (TPSA) is 115 Å². The molecule has 0 bridgehead atoms. The van der Waals surface area contributed by atoms with Crippen LogP contribution in [0.4, 0.5) is 11.4 Å². The molecule has 8 nitrogen and oxygen atoms in total. The number of amides is 1. The van der Waals surface area contributed by atoms with Crippen LogP contribution < -0.4 is 10.3 Å². The highest BCUT2D eigenvalue weighted by molar-refractivity contribution is 7.07. The molecule has 0 aliphatic rings. The second kappa shape index (κ2) is 6.96. The molecule has 134 valence electrons. The van der Waals surface area contributed by atoms with E-state index in [-0.39, 0.29) is 18.0 Å². The molecule has 1 amide bonds. The number of aromatic amines is 2. The largest absolute Gasteiger partial charge is 0.326 e. The van der Waals surface area contributed by atoms with Crippen LogP contribution in [-0.4, -0.2) is 20.8 Å². The molecule has 2 aromatic carbocycles. The Balaban J connectivity index is 1.47. The molecule has 9 heteroatoms. The number of thiazole rings is 1. The third-order valence-corrected chi connectivity index (χ3v) is 4.61. The predicted octanol–water partition coefficient (Wildman–Crippen LogP) is 3.19. The number of nitrogens with one attached hydrogen (secondary N) is 3. The molecule has 0 saturated carbocycles. The fraction of sp³-hybridized carbons (Fsp3) is 0.0556. The number of rotatable bonds is 5. The molecule has 4 rings (SSSR count). The van der Waals surface area contributed by atoms with Gasteiger partial charge in [0.15, 0.2) is 16.7 Å². The number of imidazole rings is 1. The maximum Gasteiger partial charge on any atom is 0.305 e. The molecule has 2 heterocycles. The van der Waals surface area contributed by atoms with E-state index in [1.54, 1.807) is 17.6 Å². The van der Waals surface area contributed by atoms with Crippen LogP contribution in [0, 0.1) is 10.1 Å². The summed E-state index contributed by atoms with van der Waals surface area (Å²) in [6.07, 6.45) is 0.136. The first kappa shape index (κ1) is 16.9. The van der Waals surface area contributed by atoms with E-state index in [9.17, 15) is 14.9 Å². The Morgan fingerprint density at radius 1 is 1.26 bits per heavy atom. The highest BCUT2D eigenvalue weighted by Crippen LogP contribution is 2.20. The SMILES string of the molecule is O=C(Cc1ccc([N+](=O)[O-])cc1)Nc1ccc2[nH+]c(-c3cscn3)[nH]c2c1. The maximum atomic E-state index is 12.3. The molecule has 0 fully saturated rings. The lowest BCUT2D eigenvalue weighted by molar-refractivity contribution is -0.384. The van der Waals surface area contributed by atoms with Gasteiger partial charge in [0, 0.05) is 29.3 Å². The summed E-state index contributed by atoms with van der Waals surface area (Å²) in [6.45, 7) is 0. The van der Waals surface area contributed by atoms with Crippen molar-refractivity contribution in [3.8, 4) is 11.5 Å². The van der Waals surface area contributed by atoms with Crippen LogP contribution in [0.25, 0.3) is 22.6 Å². The zero-order valence-corrected chi connectivity index (χ0v) is 14.7. The predicted molar refractivity (Wildman–Crippen MR) is 101 cm³/mol. The molecule has 0 aliphatic carbocycles. The van der Waals surface area contributed by atoms with E-state index in [1.165, 1.54) is 23.5 Å². The maximum absolute atomic E-state index is 12.3. The number of hydrogen-bond donors (Lipinski definition) is 2. The van der Waals surface area contributed by atoms with Gasteiger partial charge >= 0.3 is 5.82 Å². The number of fused-ring (bicyclic) bond motifs is 1. The number of nitrogens with zero attached hydrogens (tertiary/aromatic N) is 2. The number of aromatic nitrogens is 3. The normalized spacial score (nSPS) is 10.8. The van der Waals surface area contributed by atoms with Gasteiger partial charge in [-0.1, -0.05) is 12.1 Å². The van der Waals surface area contributed by atoms with Crippen LogP contribution in [0.15, 0.2) is 53.4 Å². The first-order valence-electron chi connectivity index (χ1n) is 8.05. The van der Waals surface area contributed by atoms with Gasteiger partial charge in [-0.3, -0.25) is 14.9 Å². The van der Waals surface area contributed by atoms with Gasteiger partial charge in [-0.25, -0.2) is 15.0 Å². The number of H-pyrrole nitrogens is 2. The molecular formula is C18H14N5O3S+. The van der Waals surface area contributed by atoms with Gasteiger partial charge in [0.2, 0.25) is 5.91 Å². The average molecular weight is 380 g/mol. The molecule has 27 heavy (non-hydrogen) atoms. The summed E-state index contributed by atoms with van der Waals surface area (Å²) < 4.78 is 0. The van der Waals surface area contributed by atoms with E-state index in [0.29, 0.717) is 11.3 Å². The number of benzene rings is 2. The minimum atomic E-state index is -0.466. The van der Waals surface area contributed by atoms with E-state index < -0.39 is 4.92 Å². The summed E-state index contributed by atoms with van der Waals surface area (Å²) in [5.41, 5.74) is 5.73. The molecule has 3 N–H and O–H groups in total. The Morgan fingerprint density at radius 2 is 2.07 bits per heavy atom. The first-order valence-corrected chi connectivity index (χ1v) is 8.99. The summed E-state index contributed by atoms with van der Waals surface area (Å²) in [6, 6.07) is 11.5. The summed E-state index contributed by atoms with van der Waals surface area (Å²) in [5.74, 6) is 0.610. The van der Waals surface area contributed by atoms with Crippen LogP contribution in [0.5, 0.6) is 0 Å². The molecule has 0 radical (unpaired) electrons. The second-order valence-electron chi connectivity index (χ2n) is 5.91. The molecule has 0 aliphatic heterocycles. The summed E-state index contributed by atoms with van der Waals surface area (Å²) in [5, 5.41) is 15.5. The molecular weight excluding hydrogens is 366 g/mol. The van der Waals surface area contributed by atoms with Crippen molar-refractivity contribution in [3.63, 3.8) is 0 Å². The smallest absolute Gasteiger partial charge is 0.305 e. The van der Waals surface area contributed by atoms with Crippen LogP contribution in [0.3, 0.4) is 0 Å². The standard InChI is InChI=1S/C18H13N5O3S/c24-17(7-11-1-4-13(5-2-11)23(25)26)20-12-3-6-14-15(8-12)22-18(21-14)16-9-27-10-19-16/h1-6,8-10H,7H2,(H,20,24)(H,21,22)/p+1. The lowest BCUT2D eigenvalue weighted by Gasteiger charge is -2.04. The van der Waals surface area contributed by atoms with Crippen molar-refractivity contribution in [2.75, 3.05) is 5.32 Å². The van der Waals surface area contributed by atoms with Crippen molar-refractivity contribution < 1.29 is 14.7 Å². The van der Waals surface area contributed by atoms with Crippen molar-refractivity contribution in [2.24, 2.45) is 0 Å². The molecule has 0 atom stereocenters. The third-order valence-electron chi connectivity index (χ3n) is 4.02. The number of carbonyl (C=O) groups excluding carboxylic acids is 1. The lowest BCUT2D eigenvalue weighted by atomic mass is 10.1. The first-order chi connectivity index (χ1) is 13.1. The van der Waals surface area contributed by atoms with Crippen LogP contribution in [0.1, 0.15) is 5.56 Å². The molecule has 4 aromatic rings. The molecule has 0 spiro atoms. The Kier molecular flexibility index (Phi) is 4.35. The van der Waals surface area contributed by atoms with Crippen LogP contribution in [0.2, 0.25) is 0 Å². The fourth-order valence-electron chi connectivity index (χ4n) is 2.73. The summed E-state index contributed by atoms with van der Waals surface area (Å²) in [4.78, 5) is 33.2. The Hall–Kier alpha value is -3.59. The number of carbonyl (C=O) groups is 1. The van der Waals surface area contributed by atoms with Crippen LogP contribution in [-0.2, 0) is 11.2 Å². The second-order valence-corrected chi connectivity index (χ2v) is 6.63. The number of hydrogen-bond acceptors (Lipinski definition) is 5. The lowest BCUT2D eigenvalue weighted by Crippen LogP contribution is -2.14. The number of anilines is 1. The van der Waals surface area contributed by atoms with Crippen molar-refractivity contribution >= 4 is 39.7 Å². The quantitative estimate of drug-likeness (QED) is 0.408. The number of nitro groups is 1. The third kappa shape index (κ3) is 3.67. The molecule has 0 unspecified atom stereocenters. The Bertz CT molecular complexity index is 1120.